The maximum atomic E-state index is 10.8. The Kier molecular flexibility index (Phi) is 3.43. The van der Waals surface area contributed by atoms with Crippen LogP contribution in [-0.4, -0.2) is 28.2 Å². The molecule has 0 amide bonds. The van der Waals surface area contributed by atoms with Crippen molar-refractivity contribution in [1.29, 1.82) is 0 Å². The number of hydrogen-bond donors (Lipinski definition) is 4. The van der Waals surface area contributed by atoms with Crippen LogP contribution in [0.1, 0.15) is 19.3 Å². The molecule has 1 aliphatic carbocycles. The second-order valence-electron chi connectivity index (χ2n) is 3.57. The Morgan fingerprint density at radius 2 is 1.71 bits per heavy atom. The predicted octanol–water partition coefficient (Wildman–Crippen LogP) is -0.596. The fourth-order valence-corrected chi connectivity index (χ4v) is 1.89. The predicted molar refractivity (Wildman–Crippen MR) is 47.2 cm³/mol. The normalized spacial score (nSPS) is 32.5. The van der Waals surface area contributed by atoms with E-state index in [1.165, 1.54) is 0 Å². The molecule has 6 heteroatoms. The highest BCUT2D eigenvalue weighted by atomic mass is 16.4. The van der Waals surface area contributed by atoms with Crippen molar-refractivity contribution in [3.8, 4) is 0 Å². The molecule has 0 aliphatic heterocycles. The van der Waals surface area contributed by atoms with Crippen LogP contribution in [0.5, 0.6) is 0 Å². The van der Waals surface area contributed by atoms with Gasteiger partial charge in [0.05, 0.1) is 11.8 Å². The van der Waals surface area contributed by atoms with E-state index in [1.807, 2.05) is 0 Å². The van der Waals surface area contributed by atoms with Crippen molar-refractivity contribution < 1.29 is 19.8 Å². The molecule has 1 saturated carbocycles. The van der Waals surface area contributed by atoms with Gasteiger partial charge >= 0.3 is 11.9 Å². The molecule has 5 N–H and O–H groups in total. The van der Waals surface area contributed by atoms with Crippen molar-refractivity contribution in [2.24, 2.45) is 17.7 Å². The van der Waals surface area contributed by atoms with E-state index in [9.17, 15) is 9.59 Å². The molecule has 0 spiro atoms. The Morgan fingerprint density at radius 3 is 2.14 bits per heavy atom. The van der Waals surface area contributed by atoms with Crippen molar-refractivity contribution >= 4 is 11.9 Å². The average Bonchev–Trinajstić information content (AvgIpc) is 2.16. The van der Waals surface area contributed by atoms with Crippen molar-refractivity contribution in [3.63, 3.8) is 0 Å². The second kappa shape index (κ2) is 4.39. The van der Waals surface area contributed by atoms with E-state index in [0.29, 0.717) is 12.8 Å². The highest BCUT2D eigenvalue weighted by Crippen LogP contribution is 2.30. The van der Waals surface area contributed by atoms with Gasteiger partial charge in [0, 0.05) is 6.04 Å². The molecule has 1 fully saturated rings. The molecular weight excluding hydrogens is 188 g/mol. The van der Waals surface area contributed by atoms with Crippen LogP contribution in [0.2, 0.25) is 0 Å². The molecule has 0 heterocycles. The Bertz CT molecular complexity index is 243. The van der Waals surface area contributed by atoms with Crippen LogP contribution < -0.4 is 11.3 Å². The number of rotatable bonds is 3. The third kappa shape index (κ3) is 2.21. The lowest BCUT2D eigenvalue weighted by atomic mass is 9.77. The van der Waals surface area contributed by atoms with Gasteiger partial charge in [-0.2, -0.15) is 0 Å². The molecule has 0 aromatic rings. The first-order valence-corrected chi connectivity index (χ1v) is 4.48. The van der Waals surface area contributed by atoms with Crippen molar-refractivity contribution in [2.75, 3.05) is 0 Å². The largest absolute Gasteiger partial charge is 0.481 e. The molecule has 6 nitrogen and oxygen atoms in total. The monoisotopic (exact) mass is 202 g/mol. The molecule has 14 heavy (non-hydrogen) atoms. The second-order valence-corrected chi connectivity index (χ2v) is 3.57. The average molecular weight is 202 g/mol. The number of carbonyl (C=O) groups is 2. The topological polar surface area (TPSA) is 113 Å². The molecule has 80 valence electrons. The van der Waals surface area contributed by atoms with Gasteiger partial charge in [0.2, 0.25) is 0 Å². The lowest BCUT2D eigenvalue weighted by molar-refractivity contribution is -0.156. The number of aliphatic carboxylic acids is 2. The van der Waals surface area contributed by atoms with Crippen LogP contribution in [0.3, 0.4) is 0 Å². The number of carboxylic acids is 2. The number of nitrogens with two attached hydrogens (primary N) is 1. The van der Waals surface area contributed by atoms with Gasteiger partial charge in [-0.1, -0.05) is 0 Å². The first kappa shape index (κ1) is 10.9. The molecule has 0 bridgehead atoms. The van der Waals surface area contributed by atoms with Crippen LogP contribution in [-0.2, 0) is 9.59 Å². The number of carboxylic acid groups (broad SMARTS) is 2. The summed E-state index contributed by atoms with van der Waals surface area (Å²) in [7, 11) is 0. The Morgan fingerprint density at radius 1 is 1.14 bits per heavy atom. The van der Waals surface area contributed by atoms with E-state index >= 15 is 0 Å². The van der Waals surface area contributed by atoms with Gasteiger partial charge in [0.25, 0.3) is 0 Å². The number of nitrogens with one attached hydrogen (secondary N) is 1. The minimum atomic E-state index is -1.06. The summed E-state index contributed by atoms with van der Waals surface area (Å²) >= 11 is 0. The lowest BCUT2D eigenvalue weighted by Crippen LogP contribution is -2.45. The Balaban J connectivity index is 2.70. The van der Waals surface area contributed by atoms with Gasteiger partial charge in [-0.3, -0.25) is 20.9 Å². The molecule has 0 aromatic carbocycles. The molecule has 1 rings (SSSR count). The summed E-state index contributed by atoms with van der Waals surface area (Å²) in [5.74, 6) is 1.49. The third-order valence-corrected chi connectivity index (χ3v) is 2.72. The highest BCUT2D eigenvalue weighted by molar-refractivity contribution is 5.80. The molecule has 3 unspecified atom stereocenters. The molecule has 1 aliphatic rings. The Labute approximate surface area is 81.1 Å². The SMILES string of the molecule is NNC1CCC(C(=O)O)C(C(=O)O)C1. The van der Waals surface area contributed by atoms with Crippen molar-refractivity contribution in [2.45, 2.75) is 25.3 Å². The van der Waals surface area contributed by atoms with E-state index < -0.39 is 23.8 Å². The summed E-state index contributed by atoms with van der Waals surface area (Å²) in [6.45, 7) is 0. The molecule has 0 saturated heterocycles. The minimum absolute atomic E-state index is 0.0910. The van der Waals surface area contributed by atoms with Gasteiger partial charge in [-0.25, -0.2) is 0 Å². The highest BCUT2D eigenvalue weighted by Gasteiger charge is 2.38. The summed E-state index contributed by atoms with van der Waals surface area (Å²) in [5, 5.41) is 17.6. The molecule has 0 aromatic heterocycles. The molecule has 0 radical (unpaired) electrons. The van der Waals surface area contributed by atoms with Crippen LogP contribution >= 0.6 is 0 Å². The molecule has 3 atom stereocenters. The zero-order valence-corrected chi connectivity index (χ0v) is 7.64. The summed E-state index contributed by atoms with van der Waals surface area (Å²) in [5.41, 5.74) is 2.49. The maximum absolute atomic E-state index is 10.8. The fourth-order valence-electron chi connectivity index (χ4n) is 1.89. The van der Waals surface area contributed by atoms with E-state index in [4.69, 9.17) is 16.1 Å². The first-order valence-electron chi connectivity index (χ1n) is 4.48. The van der Waals surface area contributed by atoms with Crippen molar-refractivity contribution in [3.05, 3.63) is 0 Å². The van der Waals surface area contributed by atoms with Crippen LogP contribution in [0, 0.1) is 11.8 Å². The summed E-state index contributed by atoms with van der Waals surface area (Å²) in [4.78, 5) is 21.5. The van der Waals surface area contributed by atoms with Gasteiger partial charge in [0.15, 0.2) is 0 Å². The standard InChI is InChI=1S/C8H14N2O4/c9-10-4-1-2-5(7(11)12)6(3-4)8(13)14/h4-6,10H,1-3,9H2,(H,11,12)(H,13,14). The van der Waals surface area contributed by atoms with Crippen molar-refractivity contribution in [1.82, 2.24) is 5.43 Å². The summed E-state index contributed by atoms with van der Waals surface area (Å²) < 4.78 is 0. The summed E-state index contributed by atoms with van der Waals surface area (Å²) in [6.07, 6.45) is 1.25. The van der Waals surface area contributed by atoms with Gasteiger partial charge < -0.3 is 10.2 Å². The van der Waals surface area contributed by atoms with E-state index in [1.54, 1.807) is 0 Å². The quantitative estimate of drug-likeness (QED) is 0.359. The van der Waals surface area contributed by atoms with E-state index in [0.717, 1.165) is 0 Å². The fraction of sp³-hybridized carbons (Fsp3) is 0.750. The first-order chi connectivity index (χ1) is 6.56. The van der Waals surface area contributed by atoms with Gasteiger partial charge in [-0.05, 0) is 19.3 Å². The number of hydrogen-bond acceptors (Lipinski definition) is 4. The summed E-state index contributed by atoms with van der Waals surface area (Å²) in [6, 6.07) is -0.0910. The molecular formula is C8H14N2O4. The zero-order chi connectivity index (χ0) is 10.7. The van der Waals surface area contributed by atoms with Crippen LogP contribution in [0.4, 0.5) is 0 Å². The van der Waals surface area contributed by atoms with E-state index in [-0.39, 0.29) is 12.5 Å². The van der Waals surface area contributed by atoms with Crippen LogP contribution in [0.25, 0.3) is 0 Å². The van der Waals surface area contributed by atoms with E-state index in [2.05, 4.69) is 5.43 Å². The smallest absolute Gasteiger partial charge is 0.307 e. The maximum Gasteiger partial charge on any atom is 0.307 e. The Hall–Kier alpha value is -1.14. The zero-order valence-electron chi connectivity index (χ0n) is 7.64. The number of hydrazine groups is 1. The van der Waals surface area contributed by atoms with Gasteiger partial charge in [0.1, 0.15) is 0 Å². The third-order valence-electron chi connectivity index (χ3n) is 2.72. The lowest BCUT2D eigenvalue weighted by Gasteiger charge is -2.30. The minimum Gasteiger partial charge on any atom is -0.481 e. The van der Waals surface area contributed by atoms with Gasteiger partial charge in [-0.15, -0.1) is 0 Å². The van der Waals surface area contributed by atoms with Crippen LogP contribution in [0.15, 0.2) is 0 Å².